The fourth-order valence-corrected chi connectivity index (χ4v) is 5.14. The molecule has 11 nitrogen and oxygen atoms in total. The van der Waals surface area contributed by atoms with Crippen LogP contribution in [0.4, 0.5) is 10.5 Å². The molecular formula is C29H40N6O5. The Balaban J connectivity index is 1.32. The Bertz CT molecular complexity index is 1300. The number of methoxy groups -OCH3 is 3. The van der Waals surface area contributed by atoms with Gasteiger partial charge in [-0.05, 0) is 43.5 Å². The molecule has 0 saturated carbocycles. The van der Waals surface area contributed by atoms with E-state index in [0.29, 0.717) is 36.9 Å². The van der Waals surface area contributed by atoms with Crippen LogP contribution >= 0.6 is 0 Å². The highest BCUT2D eigenvalue weighted by atomic mass is 16.5. The molecule has 3 amide bonds. The number of nitrogens with two attached hydrogens (primary N) is 1. The van der Waals surface area contributed by atoms with Gasteiger partial charge in [0.1, 0.15) is 17.3 Å². The SMILES string of the molecule is COCCCn1c([C@@H]2CCCN(C(=O)C[C@@H](N)CNC(=O)Nc3ccc(OC)cc3OC)C2)nc2ccccc21. The van der Waals surface area contributed by atoms with Gasteiger partial charge < -0.3 is 40.0 Å². The van der Waals surface area contributed by atoms with Crippen molar-refractivity contribution in [3.63, 3.8) is 0 Å². The molecule has 0 radical (unpaired) electrons. The molecular weight excluding hydrogens is 512 g/mol. The van der Waals surface area contributed by atoms with Crippen LogP contribution in [-0.2, 0) is 16.1 Å². The molecule has 1 saturated heterocycles. The van der Waals surface area contributed by atoms with E-state index < -0.39 is 12.1 Å². The van der Waals surface area contributed by atoms with Crippen LogP contribution in [-0.4, -0.2) is 80.0 Å². The number of amides is 3. The topological polar surface area (TPSA) is 133 Å². The van der Waals surface area contributed by atoms with Gasteiger partial charge in [-0.1, -0.05) is 12.1 Å². The van der Waals surface area contributed by atoms with Gasteiger partial charge in [0.2, 0.25) is 5.91 Å². The Morgan fingerprint density at radius 1 is 1.15 bits per heavy atom. The van der Waals surface area contributed by atoms with Crippen molar-refractivity contribution >= 4 is 28.7 Å². The predicted octanol–water partition coefficient (Wildman–Crippen LogP) is 3.34. The van der Waals surface area contributed by atoms with E-state index in [4.69, 9.17) is 24.9 Å². The fraction of sp³-hybridized carbons (Fsp3) is 0.483. The first-order chi connectivity index (χ1) is 19.4. The number of nitrogens with one attached hydrogen (secondary N) is 2. The molecule has 4 N–H and O–H groups in total. The number of urea groups is 1. The molecule has 1 aromatic heterocycles. The number of aryl methyl sites for hydroxylation is 1. The Hall–Kier alpha value is -3.83. The number of hydrogen-bond acceptors (Lipinski definition) is 7. The predicted molar refractivity (Wildman–Crippen MR) is 154 cm³/mol. The van der Waals surface area contributed by atoms with Crippen molar-refractivity contribution in [3.05, 3.63) is 48.3 Å². The van der Waals surface area contributed by atoms with Gasteiger partial charge in [0.25, 0.3) is 0 Å². The lowest BCUT2D eigenvalue weighted by Gasteiger charge is -2.33. The van der Waals surface area contributed by atoms with Crippen molar-refractivity contribution < 1.29 is 23.8 Å². The number of nitrogens with zero attached hydrogens (tertiary/aromatic N) is 3. The summed E-state index contributed by atoms with van der Waals surface area (Å²) in [5.74, 6) is 2.24. The summed E-state index contributed by atoms with van der Waals surface area (Å²) >= 11 is 0. The molecule has 2 heterocycles. The minimum Gasteiger partial charge on any atom is -0.497 e. The zero-order valence-corrected chi connectivity index (χ0v) is 23.5. The van der Waals surface area contributed by atoms with Crippen LogP contribution < -0.4 is 25.8 Å². The number of carbonyl (C=O) groups is 2. The molecule has 1 fully saturated rings. The van der Waals surface area contributed by atoms with Crippen LogP contribution in [0.2, 0.25) is 0 Å². The number of hydrogen-bond donors (Lipinski definition) is 3. The third-order valence-corrected chi connectivity index (χ3v) is 7.17. The van der Waals surface area contributed by atoms with Crippen molar-refractivity contribution in [3.8, 4) is 11.5 Å². The van der Waals surface area contributed by atoms with Gasteiger partial charge in [0.15, 0.2) is 0 Å². The number of imidazole rings is 1. The highest BCUT2D eigenvalue weighted by molar-refractivity contribution is 5.91. The quantitative estimate of drug-likeness (QED) is 0.294. The molecule has 0 aliphatic carbocycles. The summed E-state index contributed by atoms with van der Waals surface area (Å²) in [6.45, 7) is 2.94. The monoisotopic (exact) mass is 552 g/mol. The molecule has 1 aliphatic heterocycles. The minimum atomic E-state index is -0.519. The Morgan fingerprint density at radius 3 is 2.75 bits per heavy atom. The third-order valence-electron chi connectivity index (χ3n) is 7.17. The van der Waals surface area contributed by atoms with E-state index in [-0.39, 0.29) is 24.8 Å². The van der Waals surface area contributed by atoms with Crippen LogP contribution in [0, 0.1) is 0 Å². The summed E-state index contributed by atoms with van der Waals surface area (Å²) in [6.07, 6.45) is 2.90. The maximum Gasteiger partial charge on any atom is 0.319 e. The summed E-state index contributed by atoms with van der Waals surface area (Å²) in [4.78, 5) is 32.5. The number of ether oxygens (including phenoxy) is 3. The number of rotatable bonds is 12. The van der Waals surface area contributed by atoms with Gasteiger partial charge in [0, 0.05) is 64.3 Å². The Morgan fingerprint density at radius 2 is 1.98 bits per heavy atom. The summed E-state index contributed by atoms with van der Waals surface area (Å²) in [7, 11) is 4.78. The average Bonchev–Trinajstić information content (AvgIpc) is 3.35. The number of carbonyl (C=O) groups excluding carboxylic acids is 2. The standard InChI is InChI=1S/C29H40N6O5/c1-38-15-7-14-35-25-10-5-4-9-23(25)32-28(35)20-8-6-13-34(19-20)27(36)16-21(30)18-31-29(37)33-24-12-11-22(39-2)17-26(24)40-3/h4-5,9-12,17,20-21H,6-8,13-16,18-19,30H2,1-3H3,(H2,31,33,37)/t20-,21-/m1/s1. The van der Waals surface area contributed by atoms with Crippen molar-refractivity contribution in [2.45, 2.75) is 44.2 Å². The molecule has 2 aromatic carbocycles. The first kappa shape index (κ1) is 29.2. The van der Waals surface area contributed by atoms with Crippen molar-refractivity contribution in [1.29, 1.82) is 0 Å². The molecule has 3 aromatic rings. The van der Waals surface area contributed by atoms with Crippen LogP contribution in [0.1, 0.15) is 37.4 Å². The first-order valence-electron chi connectivity index (χ1n) is 13.7. The zero-order chi connectivity index (χ0) is 28.5. The highest BCUT2D eigenvalue weighted by Gasteiger charge is 2.29. The second kappa shape index (κ2) is 14.0. The fourth-order valence-electron chi connectivity index (χ4n) is 5.14. The number of piperidine rings is 1. The summed E-state index contributed by atoms with van der Waals surface area (Å²) in [6, 6.07) is 12.3. The van der Waals surface area contributed by atoms with Gasteiger partial charge in [-0.2, -0.15) is 0 Å². The lowest BCUT2D eigenvalue weighted by Crippen LogP contribution is -2.45. The molecule has 40 heavy (non-hydrogen) atoms. The number of benzene rings is 2. The van der Waals surface area contributed by atoms with E-state index in [1.165, 1.54) is 7.11 Å². The minimum absolute atomic E-state index is 0.0155. The largest absolute Gasteiger partial charge is 0.497 e. The zero-order valence-electron chi connectivity index (χ0n) is 23.5. The van der Waals surface area contributed by atoms with Crippen molar-refractivity contribution in [1.82, 2.24) is 19.8 Å². The Labute approximate surface area is 235 Å². The van der Waals surface area contributed by atoms with E-state index in [1.807, 2.05) is 23.1 Å². The number of likely N-dealkylation sites (tertiary alicyclic amines) is 1. The van der Waals surface area contributed by atoms with Crippen molar-refractivity contribution in [2.24, 2.45) is 5.73 Å². The number of anilines is 1. The van der Waals surface area contributed by atoms with Gasteiger partial charge >= 0.3 is 6.03 Å². The van der Waals surface area contributed by atoms with E-state index in [9.17, 15) is 9.59 Å². The lowest BCUT2D eigenvalue weighted by molar-refractivity contribution is -0.132. The molecule has 0 spiro atoms. The van der Waals surface area contributed by atoms with Crippen LogP contribution in [0.25, 0.3) is 11.0 Å². The number of fused-ring (bicyclic) bond motifs is 1. The maximum absolute atomic E-state index is 13.2. The first-order valence-corrected chi connectivity index (χ1v) is 13.7. The smallest absolute Gasteiger partial charge is 0.319 e. The van der Waals surface area contributed by atoms with E-state index in [0.717, 1.165) is 42.7 Å². The molecule has 2 atom stereocenters. The molecule has 11 heteroatoms. The normalized spacial score (nSPS) is 16.0. The maximum atomic E-state index is 13.2. The van der Waals surface area contributed by atoms with E-state index in [2.05, 4.69) is 21.3 Å². The highest BCUT2D eigenvalue weighted by Crippen LogP contribution is 2.30. The summed E-state index contributed by atoms with van der Waals surface area (Å²) in [5, 5.41) is 5.49. The van der Waals surface area contributed by atoms with E-state index in [1.54, 1.807) is 32.4 Å². The van der Waals surface area contributed by atoms with Gasteiger partial charge in [-0.25, -0.2) is 9.78 Å². The van der Waals surface area contributed by atoms with E-state index >= 15 is 0 Å². The molecule has 1 aliphatic rings. The van der Waals surface area contributed by atoms with Gasteiger partial charge in [-0.15, -0.1) is 0 Å². The second-order valence-corrected chi connectivity index (χ2v) is 10.0. The number of aromatic nitrogens is 2. The molecule has 0 bridgehead atoms. The third kappa shape index (κ3) is 7.22. The molecule has 216 valence electrons. The van der Waals surface area contributed by atoms with Crippen molar-refractivity contribution in [2.75, 3.05) is 52.9 Å². The van der Waals surface area contributed by atoms with Crippen LogP contribution in [0.3, 0.4) is 0 Å². The Kier molecular flexibility index (Phi) is 10.2. The summed E-state index contributed by atoms with van der Waals surface area (Å²) in [5.41, 5.74) is 8.82. The number of para-hydroxylation sites is 2. The van der Waals surface area contributed by atoms with Crippen LogP contribution in [0.15, 0.2) is 42.5 Å². The van der Waals surface area contributed by atoms with Gasteiger partial charge in [-0.3, -0.25) is 4.79 Å². The van der Waals surface area contributed by atoms with Crippen LogP contribution in [0.5, 0.6) is 11.5 Å². The molecule has 4 rings (SSSR count). The second-order valence-electron chi connectivity index (χ2n) is 10.0. The average molecular weight is 553 g/mol. The summed E-state index contributed by atoms with van der Waals surface area (Å²) < 4.78 is 18.0. The lowest BCUT2D eigenvalue weighted by atomic mass is 9.96. The van der Waals surface area contributed by atoms with Gasteiger partial charge in [0.05, 0.1) is 30.9 Å². The molecule has 0 unspecified atom stereocenters.